The Morgan fingerprint density at radius 1 is 1.38 bits per heavy atom. The predicted octanol–water partition coefficient (Wildman–Crippen LogP) is 2.48. The maximum absolute atomic E-state index is 12.2. The van der Waals surface area contributed by atoms with Gasteiger partial charge in [0.25, 0.3) is 0 Å². The largest absolute Gasteiger partial charge is 0.326 e. The minimum absolute atomic E-state index is 0.0534. The fourth-order valence-corrected chi connectivity index (χ4v) is 2.24. The van der Waals surface area contributed by atoms with E-state index in [4.69, 9.17) is 11.6 Å². The highest BCUT2D eigenvalue weighted by Crippen LogP contribution is 2.27. The van der Waals surface area contributed by atoms with Crippen LogP contribution in [0.25, 0.3) is 0 Å². The van der Waals surface area contributed by atoms with Crippen LogP contribution in [-0.2, 0) is 9.59 Å². The fourth-order valence-electron chi connectivity index (χ4n) is 2.07. The van der Waals surface area contributed by atoms with Gasteiger partial charge in [-0.15, -0.1) is 0 Å². The molecule has 2 rings (SSSR count). The first kappa shape index (κ1) is 15.8. The minimum atomic E-state index is -0.0801. The first-order chi connectivity index (χ1) is 10.0. The summed E-state index contributed by atoms with van der Waals surface area (Å²) in [4.78, 5) is 23.6. The molecule has 2 amide bonds. The second kappa shape index (κ2) is 6.91. The Hall–Kier alpha value is -1.59. The van der Waals surface area contributed by atoms with E-state index >= 15 is 0 Å². The molecule has 1 fully saturated rings. The van der Waals surface area contributed by atoms with Crippen molar-refractivity contribution in [2.45, 2.75) is 20.3 Å². The van der Waals surface area contributed by atoms with E-state index < -0.39 is 0 Å². The lowest BCUT2D eigenvalue weighted by Gasteiger charge is -2.31. The molecule has 0 spiro atoms. The smallest absolute Gasteiger partial charge is 0.227 e. The molecule has 114 valence electrons. The molecular weight excluding hydrogens is 290 g/mol. The van der Waals surface area contributed by atoms with Gasteiger partial charge in [0, 0.05) is 18.0 Å². The summed E-state index contributed by atoms with van der Waals surface area (Å²) in [5.41, 5.74) is 1.15. The van der Waals surface area contributed by atoms with Gasteiger partial charge in [0.1, 0.15) is 0 Å². The summed E-state index contributed by atoms with van der Waals surface area (Å²) in [6, 6.07) is 5.06. The van der Waals surface area contributed by atoms with Crippen LogP contribution in [0, 0.1) is 11.8 Å². The summed E-state index contributed by atoms with van der Waals surface area (Å²) in [6.45, 7) is 5.43. The van der Waals surface area contributed by atoms with Gasteiger partial charge < -0.3 is 16.0 Å². The van der Waals surface area contributed by atoms with Crippen LogP contribution in [0.4, 0.5) is 11.4 Å². The summed E-state index contributed by atoms with van der Waals surface area (Å²) in [6.07, 6.45) is 0.399. The van der Waals surface area contributed by atoms with Crippen molar-refractivity contribution in [3.63, 3.8) is 0 Å². The third-order valence-corrected chi connectivity index (χ3v) is 4.09. The first-order valence-electron chi connectivity index (χ1n) is 7.12. The highest BCUT2D eigenvalue weighted by Gasteiger charge is 2.28. The van der Waals surface area contributed by atoms with Gasteiger partial charge in [-0.2, -0.15) is 0 Å². The molecule has 1 aromatic carbocycles. The lowest BCUT2D eigenvalue weighted by atomic mass is 9.88. The van der Waals surface area contributed by atoms with Crippen molar-refractivity contribution in [2.75, 3.05) is 23.7 Å². The van der Waals surface area contributed by atoms with Crippen molar-refractivity contribution >= 4 is 34.8 Å². The summed E-state index contributed by atoms with van der Waals surface area (Å²) in [7, 11) is 0. The number of hydrogen-bond donors (Lipinski definition) is 3. The summed E-state index contributed by atoms with van der Waals surface area (Å²) in [5.74, 6) is 0.161. The molecule has 0 saturated carbocycles. The third-order valence-electron chi connectivity index (χ3n) is 3.76. The molecule has 1 atom stereocenters. The van der Waals surface area contributed by atoms with Crippen LogP contribution in [0.15, 0.2) is 18.2 Å². The van der Waals surface area contributed by atoms with Gasteiger partial charge >= 0.3 is 0 Å². The molecule has 1 heterocycles. The predicted molar refractivity (Wildman–Crippen MR) is 84.5 cm³/mol. The van der Waals surface area contributed by atoms with Crippen molar-refractivity contribution in [3.05, 3.63) is 23.2 Å². The van der Waals surface area contributed by atoms with Gasteiger partial charge in [0.2, 0.25) is 11.8 Å². The lowest BCUT2D eigenvalue weighted by molar-refractivity contribution is -0.121. The molecule has 1 aliphatic heterocycles. The van der Waals surface area contributed by atoms with Gasteiger partial charge in [-0.05, 0) is 37.2 Å². The number of hydrogen-bond acceptors (Lipinski definition) is 3. The third kappa shape index (κ3) is 3.95. The highest BCUT2D eigenvalue weighted by atomic mass is 35.5. The van der Waals surface area contributed by atoms with Crippen LogP contribution in [0.2, 0.25) is 5.02 Å². The van der Waals surface area contributed by atoms with Crippen molar-refractivity contribution < 1.29 is 9.59 Å². The molecule has 3 N–H and O–H groups in total. The van der Waals surface area contributed by atoms with Gasteiger partial charge in [-0.1, -0.05) is 25.4 Å². The Morgan fingerprint density at radius 2 is 2.10 bits per heavy atom. The molecule has 5 nitrogen and oxygen atoms in total. The number of halogens is 1. The summed E-state index contributed by atoms with van der Waals surface area (Å²) < 4.78 is 0. The van der Waals surface area contributed by atoms with E-state index in [9.17, 15) is 9.59 Å². The molecule has 0 bridgehead atoms. The Kier molecular flexibility index (Phi) is 5.20. The SMILES string of the molecule is CCC(=O)Nc1ccc(Cl)c(NC(=O)C(C)C2CNC2)c1. The average molecular weight is 310 g/mol. The molecule has 21 heavy (non-hydrogen) atoms. The van der Waals surface area contributed by atoms with Gasteiger partial charge in [0.05, 0.1) is 10.7 Å². The summed E-state index contributed by atoms with van der Waals surface area (Å²) in [5, 5.41) is 9.20. The number of benzene rings is 1. The molecule has 1 unspecified atom stereocenters. The van der Waals surface area contributed by atoms with E-state index in [-0.39, 0.29) is 17.7 Å². The van der Waals surface area contributed by atoms with E-state index in [1.165, 1.54) is 0 Å². The molecule has 0 aliphatic carbocycles. The average Bonchev–Trinajstić information content (AvgIpc) is 2.40. The molecule has 0 radical (unpaired) electrons. The van der Waals surface area contributed by atoms with E-state index in [1.807, 2.05) is 6.92 Å². The van der Waals surface area contributed by atoms with E-state index in [2.05, 4.69) is 16.0 Å². The van der Waals surface area contributed by atoms with Gasteiger partial charge in [0.15, 0.2) is 0 Å². The molecule has 0 aromatic heterocycles. The zero-order chi connectivity index (χ0) is 15.4. The molecule has 6 heteroatoms. The maximum atomic E-state index is 12.2. The van der Waals surface area contributed by atoms with E-state index in [0.29, 0.717) is 28.7 Å². The topological polar surface area (TPSA) is 70.2 Å². The van der Waals surface area contributed by atoms with Crippen LogP contribution >= 0.6 is 11.6 Å². The van der Waals surface area contributed by atoms with Crippen molar-refractivity contribution in [3.8, 4) is 0 Å². The molecule has 1 aliphatic rings. The number of anilines is 2. The Balaban J connectivity index is 2.05. The van der Waals surface area contributed by atoms with Crippen molar-refractivity contribution in [1.29, 1.82) is 0 Å². The second-order valence-corrected chi connectivity index (χ2v) is 5.70. The van der Waals surface area contributed by atoms with Crippen molar-refractivity contribution in [2.24, 2.45) is 11.8 Å². The zero-order valence-electron chi connectivity index (χ0n) is 12.2. The van der Waals surface area contributed by atoms with Crippen LogP contribution in [0.3, 0.4) is 0 Å². The van der Waals surface area contributed by atoms with E-state index in [1.54, 1.807) is 25.1 Å². The Labute approximate surface area is 129 Å². The molecule has 1 saturated heterocycles. The number of nitrogens with one attached hydrogen (secondary N) is 3. The number of carbonyl (C=O) groups excluding carboxylic acids is 2. The van der Waals surface area contributed by atoms with Crippen LogP contribution in [-0.4, -0.2) is 24.9 Å². The lowest BCUT2D eigenvalue weighted by Crippen LogP contribution is -2.48. The van der Waals surface area contributed by atoms with Crippen LogP contribution < -0.4 is 16.0 Å². The maximum Gasteiger partial charge on any atom is 0.227 e. The van der Waals surface area contributed by atoms with Crippen LogP contribution in [0.5, 0.6) is 0 Å². The number of rotatable bonds is 5. The number of amides is 2. The molecule has 1 aromatic rings. The Morgan fingerprint density at radius 3 is 2.67 bits per heavy atom. The number of carbonyl (C=O) groups is 2. The molecular formula is C15H20ClN3O2. The monoisotopic (exact) mass is 309 g/mol. The first-order valence-corrected chi connectivity index (χ1v) is 7.50. The van der Waals surface area contributed by atoms with E-state index in [0.717, 1.165) is 13.1 Å². The van der Waals surface area contributed by atoms with Gasteiger partial charge in [-0.3, -0.25) is 9.59 Å². The van der Waals surface area contributed by atoms with Gasteiger partial charge in [-0.25, -0.2) is 0 Å². The Bertz CT molecular complexity index is 544. The normalized spacial score (nSPS) is 16.0. The quantitative estimate of drug-likeness (QED) is 0.782. The zero-order valence-corrected chi connectivity index (χ0v) is 13.0. The minimum Gasteiger partial charge on any atom is -0.326 e. The summed E-state index contributed by atoms with van der Waals surface area (Å²) >= 11 is 6.10. The van der Waals surface area contributed by atoms with Crippen LogP contribution in [0.1, 0.15) is 20.3 Å². The fraction of sp³-hybridized carbons (Fsp3) is 0.467. The van der Waals surface area contributed by atoms with Crippen molar-refractivity contribution in [1.82, 2.24) is 5.32 Å². The standard InChI is InChI=1S/C15H20ClN3O2/c1-3-14(20)18-11-4-5-12(16)13(6-11)19-15(21)9(2)10-7-17-8-10/h4-6,9-10,17H,3,7-8H2,1-2H3,(H,18,20)(H,19,21). The second-order valence-electron chi connectivity index (χ2n) is 5.29. The highest BCUT2D eigenvalue weighted by molar-refractivity contribution is 6.33.